The number of H-pyrrole nitrogens is 2. The van der Waals surface area contributed by atoms with Crippen molar-refractivity contribution < 1.29 is 62.0 Å². The fourth-order valence-corrected chi connectivity index (χ4v) is 9.57. The number of methoxy groups -OCH3 is 2. The fourth-order valence-electron chi connectivity index (χ4n) is 8.83. The van der Waals surface area contributed by atoms with Crippen molar-refractivity contribution in [1.82, 2.24) is 30.6 Å². The second kappa shape index (κ2) is 45.6. The van der Waals surface area contributed by atoms with E-state index in [9.17, 15) is 47.9 Å². The minimum absolute atomic E-state index is 0.0258. The van der Waals surface area contributed by atoms with Gasteiger partial charge in [0, 0.05) is 41.7 Å². The fraction of sp³-hybridized carbons (Fsp3) is 0.543. The summed E-state index contributed by atoms with van der Waals surface area (Å²) in [6.07, 6.45) is 9.35. The molecule has 4 aromatic rings. The standard InChI is InChI=1S/C21H29BrO5.C18H28N4O4.C15H26N4O2.C11H13BrO2.C5H8O2/c1-15(23)21(5,22)14-20(4,18(25)26-6)13-19(2,3)17(24)27-12-16-10-8-7-9-11-16;1-5-7-8-13(6-2)14-11-15(23)21-17(20-14)22-18(25)19-9-10-26-16(24)12(3)4;1-4-7-8-11(6-3)12-10-13(20)18-14(17-12)19-15(21)16-9-5-2;1-11(2,12)10(13)14-8-9-6-4-3-5-7-9;1-4(2)5(6)7-3/h7-11H,12-14H2,1-6H3;11,13H,3,5-10H2,1-2,4H3,(H3,19,20,21,22,23,25);10-11H,4-9H2,1-3H3,(H3,16,17,18,19,20,21);3-7H,8H2,1-2H3;1H2,2-3H3. The number of halogens is 2. The third-order valence-corrected chi connectivity index (χ3v) is 15.3. The number of aromatic amines is 2. The Balaban J connectivity index is 0.00000122. The van der Waals surface area contributed by atoms with Crippen molar-refractivity contribution in [2.24, 2.45) is 10.8 Å². The molecule has 0 spiro atoms. The average Bonchev–Trinajstić information content (AvgIpc) is 0.798. The first kappa shape index (κ1) is 87.2. The largest absolute Gasteiger partial charge is 0.469 e. The summed E-state index contributed by atoms with van der Waals surface area (Å²) in [5, 5.41) is 10.3. The zero-order valence-electron chi connectivity index (χ0n) is 58.6. The number of benzene rings is 2. The molecule has 25 heteroatoms. The van der Waals surface area contributed by atoms with Gasteiger partial charge in [-0.1, -0.05) is 166 Å². The topological polar surface area (TPSA) is 322 Å². The molecule has 4 amide bonds. The Kier molecular flexibility index (Phi) is 41.8. The number of Topliss-reactive ketones (excluding diaryl/α,β-unsaturated/α-hetero) is 1. The van der Waals surface area contributed by atoms with Crippen LogP contribution in [0.15, 0.2) is 107 Å². The van der Waals surface area contributed by atoms with Gasteiger partial charge in [-0.2, -0.15) is 0 Å². The number of unbranched alkanes of at least 4 members (excludes halogenated alkanes) is 2. The Morgan fingerprint density at radius 2 is 0.979 bits per heavy atom. The molecular formula is C70H104Br2N8O15. The number of hydrogen-bond acceptors (Lipinski definition) is 17. The minimum atomic E-state index is -1.03. The van der Waals surface area contributed by atoms with Crippen LogP contribution in [0, 0.1) is 10.8 Å². The van der Waals surface area contributed by atoms with E-state index in [1.807, 2.05) is 67.6 Å². The predicted molar refractivity (Wildman–Crippen MR) is 378 cm³/mol. The van der Waals surface area contributed by atoms with Gasteiger partial charge in [-0.25, -0.2) is 29.1 Å². The zero-order valence-corrected chi connectivity index (χ0v) is 61.8. The maximum absolute atomic E-state index is 12.7. The molecule has 528 valence electrons. The molecule has 0 saturated carbocycles. The van der Waals surface area contributed by atoms with Gasteiger partial charge in [0.15, 0.2) is 0 Å². The van der Waals surface area contributed by atoms with Gasteiger partial charge >= 0.3 is 41.9 Å². The van der Waals surface area contributed by atoms with E-state index in [2.05, 4.69) is 119 Å². The third kappa shape index (κ3) is 36.6. The summed E-state index contributed by atoms with van der Waals surface area (Å²) in [6.45, 7) is 33.5. The van der Waals surface area contributed by atoms with Gasteiger partial charge < -0.3 is 34.3 Å². The SMILES string of the molecule is C=C(C)C(=O)OC.C=C(C)C(=O)OCCNC(=O)Nc1nc(C(CC)CCCC)cc(=O)[nH]1.CC(C)(Br)C(=O)OCc1ccccc1.CCCCC(CC)c1cc(=O)[nH]c(NC(=O)NCCC)n1.COC(=O)C(C)(CC(C)(C)C(=O)OCc1ccccc1)CC(C)(Br)C(C)=O. The van der Waals surface area contributed by atoms with Gasteiger partial charge in [0.05, 0.1) is 47.3 Å². The number of ketones is 1. The summed E-state index contributed by atoms with van der Waals surface area (Å²) in [7, 11) is 2.64. The Morgan fingerprint density at radius 1 is 0.558 bits per heavy atom. The van der Waals surface area contributed by atoms with Crippen LogP contribution in [0.2, 0.25) is 0 Å². The van der Waals surface area contributed by atoms with Crippen LogP contribution in [0.25, 0.3) is 0 Å². The molecule has 0 saturated heterocycles. The molecule has 0 aliphatic rings. The van der Waals surface area contributed by atoms with E-state index >= 15 is 0 Å². The summed E-state index contributed by atoms with van der Waals surface area (Å²) < 4.78 is 23.2. The molecule has 4 atom stereocenters. The molecule has 0 aliphatic carbocycles. The number of nitrogens with one attached hydrogen (secondary N) is 6. The van der Waals surface area contributed by atoms with Crippen LogP contribution in [-0.2, 0) is 65.7 Å². The molecular weight excluding hydrogens is 1350 g/mol. The van der Waals surface area contributed by atoms with Gasteiger partial charge in [-0.05, 0) is 118 Å². The molecule has 4 unspecified atom stereocenters. The van der Waals surface area contributed by atoms with E-state index in [1.165, 1.54) is 33.3 Å². The van der Waals surface area contributed by atoms with E-state index in [0.717, 1.165) is 74.6 Å². The number of alkyl halides is 2. The van der Waals surface area contributed by atoms with Gasteiger partial charge in [-0.15, -0.1) is 0 Å². The Hall–Kier alpha value is -7.80. The monoisotopic (exact) mass is 1450 g/mol. The first-order valence-electron chi connectivity index (χ1n) is 31.8. The van der Waals surface area contributed by atoms with Crippen molar-refractivity contribution in [2.75, 3.05) is 44.5 Å². The van der Waals surface area contributed by atoms with Gasteiger partial charge in [0.25, 0.3) is 11.1 Å². The quantitative estimate of drug-likeness (QED) is 0.00896. The number of urea groups is 2. The van der Waals surface area contributed by atoms with Crippen molar-refractivity contribution in [1.29, 1.82) is 0 Å². The molecule has 2 aromatic heterocycles. The van der Waals surface area contributed by atoms with E-state index < -0.39 is 43.4 Å². The summed E-state index contributed by atoms with van der Waals surface area (Å²) in [5.74, 6) is -1.32. The summed E-state index contributed by atoms with van der Waals surface area (Å²) >= 11 is 6.66. The van der Waals surface area contributed by atoms with Crippen LogP contribution < -0.4 is 32.4 Å². The van der Waals surface area contributed by atoms with Gasteiger partial charge in [0.1, 0.15) is 29.9 Å². The summed E-state index contributed by atoms with van der Waals surface area (Å²) in [5.41, 5.74) is 1.53. The van der Waals surface area contributed by atoms with Gasteiger partial charge in [0.2, 0.25) is 11.9 Å². The number of amides is 4. The molecule has 4 rings (SSSR count). The molecule has 2 aromatic carbocycles. The number of rotatable bonds is 31. The highest BCUT2D eigenvalue weighted by Crippen LogP contribution is 2.44. The molecule has 0 fully saturated rings. The van der Waals surface area contributed by atoms with Crippen molar-refractivity contribution >= 4 is 91.4 Å². The number of aromatic nitrogens is 4. The maximum Gasteiger partial charge on any atom is 0.333 e. The molecule has 95 heavy (non-hydrogen) atoms. The number of nitrogens with zero attached hydrogens (tertiary/aromatic N) is 2. The minimum Gasteiger partial charge on any atom is -0.469 e. The van der Waals surface area contributed by atoms with Crippen molar-refractivity contribution in [3.05, 3.63) is 140 Å². The second-order valence-electron chi connectivity index (χ2n) is 24.1. The van der Waals surface area contributed by atoms with Crippen LogP contribution in [0.5, 0.6) is 0 Å². The van der Waals surface area contributed by atoms with Crippen molar-refractivity contribution in [3.63, 3.8) is 0 Å². The maximum atomic E-state index is 12.7. The summed E-state index contributed by atoms with van der Waals surface area (Å²) in [6, 6.07) is 21.1. The lowest BCUT2D eigenvalue weighted by Crippen LogP contribution is -2.43. The summed E-state index contributed by atoms with van der Waals surface area (Å²) in [4.78, 5) is 131. The number of ether oxygens (including phenoxy) is 5. The van der Waals surface area contributed by atoms with E-state index in [0.29, 0.717) is 30.0 Å². The van der Waals surface area contributed by atoms with Crippen LogP contribution in [-0.4, -0.2) is 110 Å². The molecule has 0 bridgehead atoms. The first-order chi connectivity index (χ1) is 44.5. The normalized spacial score (nSPS) is 12.5. The van der Waals surface area contributed by atoms with E-state index in [1.54, 1.807) is 55.4 Å². The Morgan fingerprint density at radius 3 is 1.33 bits per heavy atom. The number of carbonyl (C=O) groups is 8. The molecule has 6 N–H and O–H groups in total. The first-order valence-corrected chi connectivity index (χ1v) is 33.4. The molecule has 0 aliphatic heterocycles. The van der Waals surface area contributed by atoms with E-state index in [-0.39, 0.29) is 91.2 Å². The number of hydrogen-bond donors (Lipinski definition) is 6. The average molecular weight is 1460 g/mol. The van der Waals surface area contributed by atoms with Crippen LogP contribution in [0.1, 0.15) is 202 Å². The highest BCUT2D eigenvalue weighted by molar-refractivity contribution is 9.10. The highest BCUT2D eigenvalue weighted by Gasteiger charge is 2.48. The lowest BCUT2D eigenvalue weighted by Gasteiger charge is -2.37. The second-order valence-corrected chi connectivity index (χ2v) is 27.9. The Bertz CT molecular complexity index is 3180. The van der Waals surface area contributed by atoms with Gasteiger partial charge in [-0.3, -0.25) is 49.4 Å². The third-order valence-electron chi connectivity index (χ3n) is 14.1. The van der Waals surface area contributed by atoms with Crippen LogP contribution in [0.4, 0.5) is 21.5 Å². The zero-order chi connectivity index (χ0) is 72.5. The lowest BCUT2D eigenvalue weighted by molar-refractivity contribution is -0.163. The van der Waals surface area contributed by atoms with Crippen molar-refractivity contribution in [2.45, 2.75) is 201 Å². The lowest BCUT2D eigenvalue weighted by atomic mass is 9.69. The van der Waals surface area contributed by atoms with Crippen LogP contribution >= 0.6 is 31.9 Å². The molecule has 2 heterocycles. The highest BCUT2D eigenvalue weighted by atomic mass is 79.9. The van der Waals surface area contributed by atoms with Crippen molar-refractivity contribution in [3.8, 4) is 0 Å². The van der Waals surface area contributed by atoms with Crippen LogP contribution in [0.3, 0.4) is 0 Å². The number of anilines is 2. The predicted octanol–water partition coefficient (Wildman–Crippen LogP) is 13.8. The number of esters is 5. The molecule has 23 nitrogen and oxygen atoms in total. The van der Waals surface area contributed by atoms with E-state index in [4.69, 9.17) is 18.9 Å². The number of carbonyl (C=O) groups excluding carboxylic acids is 8. The molecule has 0 radical (unpaired) electrons. The Labute approximate surface area is 577 Å². The smallest absolute Gasteiger partial charge is 0.333 e.